The second-order valence-corrected chi connectivity index (χ2v) is 4.90. The molecule has 76 valence electrons. The molecule has 0 saturated carbocycles. The van der Waals surface area contributed by atoms with E-state index in [0.717, 1.165) is 0 Å². The van der Waals surface area contributed by atoms with Crippen LogP contribution in [0, 0.1) is 7.14 Å². The smallest absolute Gasteiger partial charge is 0.337 e. The first-order valence-corrected chi connectivity index (χ1v) is 5.68. The lowest BCUT2D eigenvalue weighted by Gasteiger charge is -2.08. The van der Waals surface area contributed by atoms with Gasteiger partial charge in [0.15, 0.2) is 6.10 Å². The number of carboxylic acid groups (broad SMARTS) is 1. The van der Waals surface area contributed by atoms with E-state index in [0.29, 0.717) is 7.14 Å². The van der Waals surface area contributed by atoms with Crippen LogP contribution in [0.15, 0.2) is 12.1 Å². The van der Waals surface area contributed by atoms with Crippen molar-refractivity contribution in [3.05, 3.63) is 24.8 Å². The third kappa shape index (κ3) is 2.48. The number of carbonyl (C=O) groups is 1. The fourth-order valence-electron chi connectivity index (χ4n) is 0.886. The van der Waals surface area contributed by atoms with E-state index in [9.17, 15) is 15.0 Å². The maximum atomic E-state index is 10.5. The number of hydrogen-bond acceptors (Lipinski definition) is 3. The van der Waals surface area contributed by atoms with Gasteiger partial charge in [-0.2, -0.15) is 0 Å². The molecule has 0 aliphatic rings. The summed E-state index contributed by atoms with van der Waals surface area (Å²) in [5, 5.41) is 27.2. The number of phenols is 1. The van der Waals surface area contributed by atoms with Crippen LogP contribution in [0.4, 0.5) is 0 Å². The average molecular weight is 420 g/mol. The number of aliphatic carboxylic acids is 1. The van der Waals surface area contributed by atoms with Crippen LogP contribution in [0.1, 0.15) is 11.7 Å². The minimum Gasteiger partial charge on any atom is -0.506 e. The van der Waals surface area contributed by atoms with Crippen LogP contribution >= 0.6 is 45.2 Å². The SMILES string of the molecule is O=C(O)C(O)c1cc(I)c(O)c(I)c1. The summed E-state index contributed by atoms with van der Waals surface area (Å²) in [6.45, 7) is 0. The quantitative estimate of drug-likeness (QED) is 0.638. The minimum atomic E-state index is -1.54. The zero-order valence-electron chi connectivity index (χ0n) is 6.74. The van der Waals surface area contributed by atoms with Gasteiger partial charge in [0.25, 0.3) is 0 Å². The summed E-state index contributed by atoms with van der Waals surface area (Å²) in [7, 11) is 0. The Hall–Kier alpha value is -0.0900. The number of halogens is 2. The average Bonchev–Trinajstić information content (AvgIpc) is 2.12. The van der Waals surface area contributed by atoms with Gasteiger partial charge in [0, 0.05) is 0 Å². The Kier molecular flexibility index (Phi) is 3.95. The number of benzene rings is 1. The summed E-state index contributed by atoms with van der Waals surface area (Å²) in [4.78, 5) is 10.5. The number of phenolic OH excluding ortho intramolecular Hbond substituents is 1. The van der Waals surface area contributed by atoms with Gasteiger partial charge in [-0.1, -0.05) is 0 Å². The molecular formula is C8H6I2O4. The van der Waals surface area contributed by atoms with Gasteiger partial charge >= 0.3 is 5.97 Å². The third-order valence-electron chi connectivity index (χ3n) is 1.59. The van der Waals surface area contributed by atoms with Gasteiger partial charge in [0.05, 0.1) is 7.14 Å². The van der Waals surface area contributed by atoms with Gasteiger partial charge in [-0.3, -0.25) is 0 Å². The van der Waals surface area contributed by atoms with E-state index in [4.69, 9.17) is 5.11 Å². The van der Waals surface area contributed by atoms with Crippen molar-refractivity contribution in [2.24, 2.45) is 0 Å². The van der Waals surface area contributed by atoms with Crippen LogP contribution in [0.3, 0.4) is 0 Å². The molecule has 6 heteroatoms. The number of hydrogen-bond donors (Lipinski definition) is 3. The highest BCUT2D eigenvalue weighted by atomic mass is 127. The second kappa shape index (κ2) is 4.62. The molecule has 1 unspecified atom stereocenters. The lowest BCUT2D eigenvalue weighted by Crippen LogP contribution is -2.10. The first-order chi connectivity index (χ1) is 6.43. The Bertz CT molecular complexity index is 355. The van der Waals surface area contributed by atoms with E-state index in [2.05, 4.69) is 0 Å². The predicted octanol–water partition coefficient (Wildman–Crippen LogP) is 1.72. The maximum absolute atomic E-state index is 10.5. The normalized spacial score (nSPS) is 12.5. The third-order valence-corrected chi connectivity index (χ3v) is 3.23. The van der Waals surface area contributed by atoms with Gasteiger partial charge in [0.1, 0.15) is 5.75 Å². The highest BCUT2D eigenvalue weighted by Gasteiger charge is 2.18. The molecule has 0 spiro atoms. The molecule has 0 amide bonds. The lowest BCUT2D eigenvalue weighted by molar-refractivity contribution is -0.146. The largest absolute Gasteiger partial charge is 0.506 e. The van der Waals surface area contributed by atoms with E-state index < -0.39 is 12.1 Å². The van der Waals surface area contributed by atoms with Crippen molar-refractivity contribution in [2.75, 3.05) is 0 Å². The summed E-state index contributed by atoms with van der Waals surface area (Å²) >= 11 is 3.75. The number of aliphatic hydroxyl groups is 1. The van der Waals surface area contributed by atoms with E-state index in [-0.39, 0.29) is 11.3 Å². The first kappa shape index (κ1) is 12.0. The monoisotopic (exact) mass is 420 g/mol. The number of carboxylic acids is 1. The van der Waals surface area contributed by atoms with Gasteiger partial charge in [-0.15, -0.1) is 0 Å². The van der Waals surface area contributed by atoms with Crippen molar-refractivity contribution < 1.29 is 20.1 Å². The zero-order chi connectivity index (χ0) is 10.9. The first-order valence-electron chi connectivity index (χ1n) is 3.52. The standard InChI is InChI=1S/C8H6I2O4/c9-4-1-3(6(11)8(13)14)2-5(10)7(4)12/h1-2,6,11-12H,(H,13,14). The summed E-state index contributed by atoms with van der Waals surface area (Å²) < 4.78 is 1.04. The van der Waals surface area contributed by atoms with Crippen molar-refractivity contribution >= 4 is 51.2 Å². The lowest BCUT2D eigenvalue weighted by atomic mass is 10.1. The van der Waals surface area contributed by atoms with Crippen LogP contribution in [0.5, 0.6) is 5.75 Å². The molecule has 0 fully saturated rings. The predicted molar refractivity (Wildman–Crippen MR) is 66.1 cm³/mol. The van der Waals surface area contributed by atoms with Crippen molar-refractivity contribution in [3.63, 3.8) is 0 Å². The maximum Gasteiger partial charge on any atom is 0.337 e. The molecule has 0 aliphatic heterocycles. The molecular weight excluding hydrogens is 414 g/mol. The van der Waals surface area contributed by atoms with E-state index >= 15 is 0 Å². The molecule has 0 bridgehead atoms. The molecule has 0 aromatic heterocycles. The van der Waals surface area contributed by atoms with E-state index in [1.54, 1.807) is 0 Å². The molecule has 1 atom stereocenters. The fourth-order valence-corrected chi connectivity index (χ4v) is 2.70. The Morgan fingerprint density at radius 1 is 1.29 bits per heavy atom. The van der Waals surface area contributed by atoms with E-state index in [1.807, 2.05) is 45.2 Å². The summed E-state index contributed by atoms with van der Waals surface area (Å²) in [5.74, 6) is -1.20. The number of aliphatic hydroxyl groups excluding tert-OH is 1. The Labute approximate surface area is 107 Å². The Morgan fingerprint density at radius 3 is 2.07 bits per heavy atom. The summed E-state index contributed by atoms with van der Waals surface area (Å²) in [6, 6.07) is 2.88. The van der Waals surface area contributed by atoms with Gasteiger partial charge < -0.3 is 15.3 Å². The molecule has 1 rings (SSSR count). The van der Waals surface area contributed by atoms with Crippen LogP contribution in [0.2, 0.25) is 0 Å². The van der Waals surface area contributed by atoms with Crippen LogP contribution in [-0.2, 0) is 4.79 Å². The van der Waals surface area contributed by atoms with E-state index in [1.165, 1.54) is 12.1 Å². The highest BCUT2D eigenvalue weighted by Crippen LogP contribution is 2.29. The second-order valence-electron chi connectivity index (χ2n) is 2.57. The van der Waals surface area contributed by atoms with Gasteiger partial charge in [0.2, 0.25) is 0 Å². The fraction of sp³-hybridized carbons (Fsp3) is 0.125. The van der Waals surface area contributed by atoms with Gasteiger partial charge in [-0.05, 0) is 62.9 Å². The van der Waals surface area contributed by atoms with Gasteiger partial charge in [-0.25, -0.2) is 4.79 Å². The minimum absolute atomic E-state index is 0.104. The molecule has 0 saturated heterocycles. The molecule has 0 heterocycles. The van der Waals surface area contributed by atoms with Crippen molar-refractivity contribution in [2.45, 2.75) is 6.10 Å². The molecule has 1 aromatic carbocycles. The van der Waals surface area contributed by atoms with Crippen molar-refractivity contribution in [1.29, 1.82) is 0 Å². The summed E-state index contributed by atoms with van der Waals surface area (Å²) in [5.41, 5.74) is 0.268. The van der Waals surface area contributed by atoms with Crippen molar-refractivity contribution in [1.82, 2.24) is 0 Å². The molecule has 0 radical (unpaired) electrons. The molecule has 1 aromatic rings. The Balaban J connectivity index is 3.19. The molecule has 14 heavy (non-hydrogen) atoms. The zero-order valence-corrected chi connectivity index (χ0v) is 11.1. The van der Waals surface area contributed by atoms with Crippen molar-refractivity contribution in [3.8, 4) is 5.75 Å². The number of rotatable bonds is 2. The Morgan fingerprint density at radius 2 is 1.71 bits per heavy atom. The topological polar surface area (TPSA) is 77.8 Å². The number of aromatic hydroxyl groups is 1. The summed E-state index contributed by atoms with van der Waals surface area (Å²) in [6.07, 6.45) is -1.54. The highest BCUT2D eigenvalue weighted by molar-refractivity contribution is 14.1. The van der Waals surface area contributed by atoms with Crippen LogP contribution in [0.25, 0.3) is 0 Å². The molecule has 3 N–H and O–H groups in total. The van der Waals surface area contributed by atoms with Crippen LogP contribution in [-0.4, -0.2) is 21.3 Å². The molecule has 0 aliphatic carbocycles. The van der Waals surface area contributed by atoms with Crippen LogP contribution < -0.4 is 0 Å². The molecule has 4 nitrogen and oxygen atoms in total.